The molecule has 0 aliphatic heterocycles. The highest BCUT2D eigenvalue weighted by molar-refractivity contribution is 5.85. The van der Waals surface area contributed by atoms with Crippen LogP contribution in [0.3, 0.4) is 0 Å². The zero-order chi connectivity index (χ0) is 17.6. The Morgan fingerprint density at radius 3 is 2.40 bits per heavy atom. The fourth-order valence-electron chi connectivity index (χ4n) is 3.59. The number of nitrogens with one attached hydrogen (secondary N) is 1. The largest absolute Gasteiger partial charge is 0.493 e. The Hall–Kier alpha value is -1.46. The van der Waals surface area contributed by atoms with Gasteiger partial charge in [-0.2, -0.15) is 0 Å². The smallest absolute Gasteiger partial charge is 0.221 e. The van der Waals surface area contributed by atoms with Crippen molar-refractivity contribution >= 4 is 18.3 Å². The zero-order valence-electron chi connectivity index (χ0n) is 15.5. The molecule has 0 spiro atoms. The van der Waals surface area contributed by atoms with Crippen LogP contribution in [-0.2, 0) is 10.2 Å². The molecule has 2 rings (SSSR count). The Morgan fingerprint density at radius 2 is 1.84 bits per heavy atom. The first-order valence-corrected chi connectivity index (χ1v) is 8.75. The number of nitrogens with two attached hydrogens (primary N) is 1. The second-order valence-corrected chi connectivity index (χ2v) is 6.87. The molecule has 1 aliphatic carbocycles. The van der Waals surface area contributed by atoms with Crippen LogP contribution < -0.4 is 20.5 Å². The van der Waals surface area contributed by atoms with Gasteiger partial charge in [0.1, 0.15) is 0 Å². The van der Waals surface area contributed by atoms with Crippen LogP contribution in [-0.4, -0.2) is 32.7 Å². The molecule has 25 heavy (non-hydrogen) atoms. The van der Waals surface area contributed by atoms with Gasteiger partial charge in [0.2, 0.25) is 5.91 Å². The third-order valence-corrected chi connectivity index (χ3v) is 4.94. The maximum atomic E-state index is 12.1. The number of halogens is 1. The summed E-state index contributed by atoms with van der Waals surface area (Å²) < 4.78 is 10.8. The number of amides is 1. The number of methoxy groups -OCH3 is 2. The molecule has 1 unspecified atom stereocenters. The number of carbonyl (C=O) groups is 1. The number of hydrogen-bond donors (Lipinski definition) is 2. The standard InChI is InChI=1S/C19H30N2O3.ClH/c1-14(20)11-18(22)21-13-19(9-5-4-6-10-19)15-7-8-16(23-2)17(12-15)24-3;/h7-8,12,14H,4-6,9-11,13,20H2,1-3H3,(H,21,22);1H. The predicted molar refractivity (Wildman–Crippen MR) is 103 cm³/mol. The van der Waals surface area contributed by atoms with Crippen molar-refractivity contribution in [2.24, 2.45) is 5.73 Å². The minimum Gasteiger partial charge on any atom is -0.493 e. The average Bonchev–Trinajstić information content (AvgIpc) is 2.59. The van der Waals surface area contributed by atoms with Crippen molar-refractivity contribution in [2.75, 3.05) is 20.8 Å². The van der Waals surface area contributed by atoms with E-state index in [1.807, 2.05) is 13.0 Å². The first-order valence-electron chi connectivity index (χ1n) is 8.75. The molecule has 0 saturated heterocycles. The van der Waals surface area contributed by atoms with Crippen LogP contribution in [0.5, 0.6) is 11.5 Å². The summed E-state index contributed by atoms with van der Waals surface area (Å²) in [6.45, 7) is 2.50. The Labute approximate surface area is 157 Å². The molecule has 5 nitrogen and oxygen atoms in total. The molecule has 1 saturated carbocycles. The average molecular weight is 371 g/mol. The Morgan fingerprint density at radius 1 is 1.20 bits per heavy atom. The number of ether oxygens (including phenoxy) is 2. The van der Waals surface area contributed by atoms with Crippen LogP contribution in [0.4, 0.5) is 0 Å². The Balaban J connectivity index is 0.00000312. The molecular formula is C19H31ClN2O3. The van der Waals surface area contributed by atoms with Crippen molar-refractivity contribution < 1.29 is 14.3 Å². The van der Waals surface area contributed by atoms with E-state index in [0.29, 0.717) is 13.0 Å². The maximum Gasteiger partial charge on any atom is 0.221 e. The van der Waals surface area contributed by atoms with Gasteiger partial charge in [0.05, 0.1) is 14.2 Å². The van der Waals surface area contributed by atoms with Gasteiger partial charge in [-0.15, -0.1) is 12.4 Å². The van der Waals surface area contributed by atoms with Gasteiger partial charge in [0.15, 0.2) is 11.5 Å². The highest BCUT2D eigenvalue weighted by atomic mass is 35.5. The second-order valence-electron chi connectivity index (χ2n) is 6.87. The fourth-order valence-corrected chi connectivity index (χ4v) is 3.59. The Bertz CT molecular complexity index is 558. The van der Waals surface area contributed by atoms with Crippen molar-refractivity contribution in [3.63, 3.8) is 0 Å². The highest BCUT2D eigenvalue weighted by Gasteiger charge is 2.35. The normalized spacial score (nSPS) is 17.1. The van der Waals surface area contributed by atoms with Crippen LogP contribution >= 0.6 is 12.4 Å². The third-order valence-electron chi connectivity index (χ3n) is 4.94. The molecule has 1 aromatic carbocycles. The summed E-state index contributed by atoms with van der Waals surface area (Å²) in [6.07, 6.45) is 6.11. The van der Waals surface area contributed by atoms with Gasteiger partial charge in [-0.3, -0.25) is 4.79 Å². The molecule has 6 heteroatoms. The third kappa shape index (κ3) is 5.51. The molecule has 0 radical (unpaired) electrons. The lowest BCUT2D eigenvalue weighted by Gasteiger charge is -2.38. The van der Waals surface area contributed by atoms with Crippen LogP contribution in [0.15, 0.2) is 18.2 Å². The summed E-state index contributed by atoms with van der Waals surface area (Å²) >= 11 is 0. The lowest BCUT2D eigenvalue weighted by Crippen LogP contribution is -2.43. The van der Waals surface area contributed by atoms with Crippen molar-refractivity contribution in [1.29, 1.82) is 0 Å². The fraction of sp³-hybridized carbons (Fsp3) is 0.632. The SMILES string of the molecule is COc1ccc(C2(CNC(=O)CC(C)N)CCCCC2)cc1OC.Cl. The molecule has 142 valence electrons. The van der Waals surface area contributed by atoms with E-state index in [1.165, 1.54) is 24.8 Å². The van der Waals surface area contributed by atoms with Gasteiger partial charge in [-0.1, -0.05) is 25.3 Å². The number of carbonyl (C=O) groups excluding carboxylic acids is 1. The van der Waals surface area contributed by atoms with Crippen LogP contribution in [0.25, 0.3) is 0 Å². The second kappa shape index (κ2) is 9.88. The molecule has 1 aromatic rings. The summed E-state index contributed by atoms with van der Waals surface area (Å²) in [5.74, 6) is 1.49. The van der Waals surface area contributed by atoms with E-state index in [0.717, 1.165) is 24.3 Å². The van der Waals surface area contributed by atoms with E-state index in [2.05, 4.69) is 17.4 Å². The van der Waals surface area contributed by atoms with Gasteiger partial charge in [-0.25, -0.2) is 0 Å². The van der Waals surface area contributed by atoms with Crippen molar-refractivity contribution in [2.45, 2.75) is 56.9 Å². The molecule has 0 aromatic heterocycles. The maximum absolute atomic E-state index is 12.1. The van der Waals surface area contributed by atoms with Gasteiger partial charge in [0, 0.05) is 24.4 Å². The minimum atomic E-state index is -0.117. The van der Waals surface area contributed by atoms with Crippen molar-refractivity contribution in [1.82, 2.24) is 5.32 Å². The molecule has 0 heterocycles. The quantitative estimate of drug-likeness (QED) is 0.773. The van der Waals surface area contributed by atoms with Crippen LogP contribution in [0.2, 0.25) is 0 Å². The topological polar surface area (TPSA) is 73.6 Å². The summed E-state index contributed by atoms with van der Waals surface area (Å²) in [5.41, 5.74) is 6.90. The number of hydrogen-bond acceptors (Lipinski definition) is 4. The lowest BCUT2D eigenvalue weighted by molar-refractivity contribution is -0.121. The molecule has 1 aliphatic rings. The highest BCUT2D eigenvalue weighted by Crippen LogP contribution is 2.42. The summed E-state index contributed by atoms with van der Waals surface area (Å²) in [6, 6.07) is 5.99. The first kappa shape index (κ1) is 21.6. The monoisotopic (exact) mass is 370 g/mol. The summed E-state index contributed by atoms with van der Waals surface area (Å²) in [7, 11) is 3.29. The van der Waals surface area contributed by atoms with Crippen molar-refractivity contribution in [3.05, 3.63) is 23.8 Å². The van der Waals surface area contributed by atoms with Crippen LogP contribution in [0.1, 0.15) is 51.0 Å². The van der Waals surface area contributed by atoms with Gasteiger partial charge < -0.3 is 20.5 Å². The molecule has 1 fully saturated rings. The molecule has 3 N–H and O–H groups in total. The number of benzene rings is 1. The van der Waals surface area contributed by atoms with Crippen molar-refractivity contribution in [3.8, 4) is 11.5 Å². The van der Waals surface area contributed by atoms with Crippen LogP contribution in [0, 0.1) is 0 Å². The molecule has 1 atom stereocenters. The van der Waals surface area contributed by atoms with E-state index in [9.17, 15) is 4.79 Å². The predicted octanol–water partition coefficient (Wildman–Crippen LogP) is 3.18. The molecule has 1 amide bonds. The molecule has 0 bridgehead atoms. The van der Waals surface area contributed by atoms with E-state index in [1.54, 1.807) is 14.2 Å². The van der Waals surface area contributed by atoms with Gasteiger partial charge in [-0.05, 0) is 37.5 Å². The van der Waals surface area contributed by atoms with Gasteiger partial charge in [0.25, 0.3) is 0 Å². The van der Waals surface area contributed by atoms with E-state index < -0.39 is 0 Å². The van der Waals surface area contributed by atoms with E-state index >= 15 is 0 Å². The number of rotatable bonds is 7. The lowest BCUT2D eigenvalue weighted by atomic mass is 9.69. The first-order chi connectivity index (χ1) is 11.5. The minimum absolute atomic E-state index is 0. The van der Waals surface area contributed by atoms with E-state index in [4.69, 9.17) is 15.2 Å². The molecular weight excluding hydrogens is 340 g/mol. The van der Waals surface area contributed by atoms with Gasteiger partial charge >= 0.3 is 0 Å². The Kier molecular flexibility index (Phi) is 8.53. The zero-order valence-corrected chi connectivity index (χ0v) is 16.3. The summed E-state index contributed by atoms with van der Waals surface area (Å²) in [5, 5.41) is 3.10. The summed E-state index contributed by atoms with van der Waals surface area (Å²) in [4.78, 5) is 12.1. The van der Waals surface area contributed by atoms with E-state index in [-0.39, 0.29) is 29.8 Å².